The maximum absolute atomic E-state index is 13.9. The Bertz CT molecular complexity index is 1100. The summed E-state index contributed by atoms with van der Waals surface area (Å²) in [6.07, 6.45) is 2.08. The molecule has 2 rings (SSSR count). The molecule has 0 radical (unpaired) electrons. The predicted molar refractivity (Wildman–Crippen MR) is 149 cm³/mol. The molecule has 42 heavy (non-hydrogen) atoms. The number of nitrogens with one attached hydrogen (secondary N) is 3. The Labute approximate surface area is 245 Å². The fourth-order valence-corrected chi connectivity index (χ4v) is 4.73. The van der Waals surface area contributed by atoms with E-state index >= 15 is 0 Å². The molecule has 0 aromatic heterocycles. The Kier molecular flexibility index (Phi) is 13.6. The molecule has 1 fully saturated rings. The zero-order valence-corrected chi connectivity index (χ0v) is 24.8. The van der Waals surface area contributed by atoms with Crippen LogP contribution in [0.1, 0.15) is 65.4 Å². The Balaban J connectivity index is 2.16. The zero-order valence-electron chi connectivity index (χ0n) is 24.8. The normalized spacial score (nSPS) is 16.8. The summed E-state index contributed by atoms with van der Waals surface area (Å²) < 4.78 is 38.0. The van der Waals surface area contributed by atoms with Gasteiger partial charge in [0, 0.05) is 32.5 Å². The smallest absolute Gasteiger partial charge is 0.332 e. The molecule has 11 nitrogen and oxygen atoms in total. The summed E-state index contributed by atoms with van der Waals surface area (Å²) in [6.45, 7) is 7.65. The number of benzene rings is 1. The third-order valence-corrected chi connectivity index (χ3v) is 6.93. The Hall–Kier alpha value is -3.77. The number of rotatable bonds is 14. The van der Waals surface area contributed by atoms with Crippen LogP contribution in [-0.4, -0.2) is 79.1 Å². The molecule has 4 atom stereocenters. The van der Waals surface area contributed by atoms with Crippen molar-refractivity contribution in [2.24, 2.45) is 5.92 Å². The van der Waals surface area contributed by atoms with Gasteiger partial charge < -0.3 is 30.3 Å². The highest BCUT2D eigenvalue weighted by molar-refractivity contribution is 5.91. The van der Waals surface area contributed by atoms with Crippen molar-refractivity contribution < 1.29 is 42.2 Å². The number of nitrogens with zero attached hydrogens (tertiary/aromatic N) is 1. The molecule has 1 saturated heterocycles. The summed E-state index contributed by atoms with van der Waals surface area (Å²) in [5.74, 6) is -4.03. The summed E-state index contributed by atoms with van der Waals surface area (Å²) in [5, 5.41) is 7.60. The van der Waals surface area contributed by atoms with E-state index in [2.05, 4.69) is 29.8 Å². The molecule has 3 N–H and O–H groups in total. The zero-order chi connectivity index (χ0) is 31.4. The van der Waals surface area contributed by atoms with Gasteiger partial charge in [-0.25, -0.2) is 23.2 Å². The van der Waals surface area contributed by atoms with Gasteiger partial charge in [0.1, 0.15) is 29.8 Å². The van der Waals surface area contributed by atoms with Gasteiger partial charge in [0.25, 0.3) is 0 Å². The first kappa shape index (κ1) is 34.4. The number of carbonyl (C=O) groups is 5. The second-order valence-corrected chi connectivity index (χ2v) is 10.8. The van der Waals surface area contributed by atoms with Crippen LogP contribution in [0.2, 0.25) is 0 Å². The molecule has 0 aliphatic carbocycles. The first-order chi connectivity index (χ1) is 19.8. The van der Waals surface area contributed by atoms with Gasteiger partial charge in [-0.2, -0.15) is 0 Å². The molecule has 13 heteroatoms. The molecule has 1 aliphatic heterocycles. The van der Waals surface area contributed by atoms with E-state index in [-0.39, 0.29) is 17.9 Å². The van der Waals surface area contributed by atoms with Crippen molar-refractivity contribution >= 4 is 29.8 Å². The summed E-state index contributed by atoms with van der Waals surface area (Å²) in [7, 11) is 1.09. The van der Waals surface area contributed by atoms with Crippen LogP contribution in [0.25, 0.3) is 0 Å². The molecular formula is C29H42F2N4O7. The largest absolute Gasteiger partial charge is 0.467 e. The third-order valence-electron chi connectivity index (χ3n) is 6.93. The van der Waals surface area contributed by atoms with Gasteiger partial charge in [-0.15, -0.1) is 0 Å². The molecule has 1 heterocycles. The van der Waals surface area contributed by atoms with E-state index in [4.69, 9.17) is 9.47 Å². The molecule has 234 valence electrons. The molecule has 1 aromatic carbocycles. The maximum atomic E-state index is 13.9. The highest BCUT2D eigenvalue weighted by Gasteiger charge is 2.38. The van der Waals surface area contributed by atoms with E-state index in [9.17, 15) is 32.8 Å². The quantitative estimate of drug-likeness (QED) is 0.221. The van der Waals surface area contributed by atoms with Crippen molar-refractivity contribution in [2.45, 2.75) is 90.4 Å². The number of ether oxygens (including phenoxy) is 2. The lowest BCUT2D eigenvalue weighted by atomic mass is 10.0. The Morgan fingerprint density at radius 3 is 2.29 bits per heavy atom. The second-order valence-electron chi connectivity index (χ2n) is 10.8. The number of hydrogen-bond donors (Lipinski definition) is 3. The minimum atomic E-state index is -1.48. The van der Waals surface area contributed by atoms with E-state index in [0.717, 1.165) is 32.1 Å². The number of hydrogen-bond acceptors (Lipinski definition) is 7. The van der Waals surface area contributed by atoms with E-state index < -0.39 is 59.7 Å². The number of esters is 2. The van der Waals surface area contributed by atoms with Gasteiger partial charge in [0.05, 0.1) is 7.11 Å². The van der Waals surface area contributed by atoms with Gasteiger partial charge >= 0.3 is 18.0 Å². The molecule has 1 aliphatic rings. The van der Waals surface area contributed by atoms with Crippen molar-refractivity contribution in [3.8, 4) is 0 Å². The monoisotopic (exact) mass is 596 g/mol. The molecule has 1 aromatic rings. The van der Waals surface area contributed by atoms with Crippen LogP contribution in [0, 0.1) is 17.6 Å². The summed E-state index contributed by atoms with van der Waals surface area (Å²) in [4.78, 5) is 64.7. The fourth-order valence-electron chi connectivity index (χ4n) is 4.73. The number of halogens is 2. The van der Waals surface area contributed by atoms with Crippen molar-refractivity contribution in [2.75, 3.05) is 20.2 Å². The molecule has 0 saturated carbocycles. The SMILES string of the molecule is COC(=O)[C@@H](NC(=O)[C@H](Cc1cc(F)cc(F)c1)NC(=O)NCCCCC(C)C)[C@@H](C)OC(=O)C1CCCN1C(C)=O. The number of likely N-dealkylation sites (tertiary alicyclic amines) is 1. The van der Waals surface area contributed by atoms with Crippen LogP contribution in [0.5, 0.6) is 0 Å². The van der Waals surface area contributed by atoms with Crippen LogP contribution in [-0.2, 0) is 35.1 Å². The van der Waals surface area contributed by atoms with Crippen LogP contribution < -0.4 is 16.0 Å². The first-order valence-electron chi connectivity index (χ1n) is 14.2. The topological polar surface area (TPSA) is 143 Å². The van der Waals surface area contributed by atoms with Crippen LogP contribution in [0.15, 0.2) is 18.2 Å². The van der Waals surface area contributed by atoms with Crippen molar-refractivity contribution in [1.82, 2.24) is 20.9 Å². The molecule has 0 bridgehead atoms. The first-order valence-corrected chi connectivity index (χ1v) is 14.2. The third kappa shape index (κ3) is 10.9. The van der Waals surface area contributed by atoms with Gasteiger partial charge in [-0.1, -0.05) is 26.7 Å². The van der Waals surface area contributed by atoms with Crippen LogP contribution >= 0.6 is 0 Å². The fraction of sp³-hybridized carbons (Fsp3) is 0.621. The summed E-state index contributed by atoms with van der Waals surface area (Å²) >= 11 is 0. The lowest BCUT2D eigenvalue weighted by Gasteiger charge is -2.28. The molecule has 0 spiro atoms. The highest BCUT2D eigenvalue weighted by atomic mass is 19.1. The van der Waals surface area contributed by atoms with E-state index in [0.29, 0.717) is 44.3 Å². The van der Waals surface area contributed by atoms with Crippen molar-refractivity contribution in [3.63, 3.8) is 0 Å². The number of urea groups is 1. The number of amides is 4. The van der Waals surface area contributed by atoms with Crippen LogP contribution in [0.4, 0.5) is 13.6 Å². The average Bonchev–Trinajstić information content (AvgIpc) is 3.40. The number of carbonyl (C=O) groups excluding carboxylic acids is 5. The summed E-state index contributed by atoms with van der Waals surface area (Å²) in [5.41, 5.74) is 0.0875. The summed E-state index contributed by atoms with van der Waals surface area (Å²) in [6, 6.07) is -1.61. The molecular weight excluding hydrogens is 554 g/mol. The van der Waals surface area contributed by atoms with E-state index in [1.54, 1.807) is 0 Å². The van der Waals surface area contributed by atoms with E-state index in [1.165, 1.54) is 18.7 Å². The lowest BCUT2D eigenvalue weighted by Crippen LogP contribution is -2.57. The predicted octanol–water partition coefficient (Wildman–Crippen LogP) is 2.60. The average molecular weight is 597 g/mol. The second kappa shape index (κ2) is 16.6. The van der Waals surface area contributed by atoms with Crippen molar-refractivity contribution in [3.05, 3.63) is 35.4 Å². The van der Waals surface area contributed by atoms with Crippen LogP contribution in [0.3, 0.4) is 0 Å². The van der Waals surface area contributed by atoms with Gasteiger partial charge in [-0.05, 0) is 49.8 Å². The Morgan fingerprint density at radius 1 is 1.02 bits per heavy atom. The standard InChI is InChI=1S/C29H42F2N4O7/c1-17(2)9-6-7-11-32-29(40)33-23(15-20-13-21(30)16-22(31)14-20)26(37)34-25(28(39)41-5)18(3)42-27(38)24-10-8-12-35(24)19(4)36/h13-14,16-18,23-25H,6-12,15H2,1-5H3,(H,34,37)(H2,32,33,40)/t18-,23+,24?,25+/m1/s1. The Morgan fingerprint density at radius 2 is 1.69 bits per heavy atom. The molecule has 1 unspecified atom stereocenters. The van der Waals surface area contributed by atoms with Gasteiger partial charge in [0.15, 0.2) is 6.04 Å². The maximum Gasteiger partial charge on any atom is 0.332 e. The molecule has 4 amide bonds. The van der Waals surface area contributed by atoms with Crippen molar-refractivity contribution in [1.29, 1.82) is 0 Å². The number of unbranched alkanes of at least 4 members (excludes halogenated alkanes) is 1. The van der Waals surface area contributed by atoms with Gasteiger partial charge in [-0.3, -0.25) is 9.59 Å². The minimum Gasteiger partial charge on any atom is -0.467 e. The lowest BCUT2D eigenvalue weighted by molar-refractivity contribution is -0.163. The minimum absolute atomic E-state index is 0.0875. The number of methoxy groups -OCH3 is 1. The van der Waals surface area contributed by atoms with Gasteiger partial charge in [0.2, 0.25) is 11.8 Å². The highest BCUT2D eigenvalue weighted by Crippen LogP contribution is 2.20. The van der Waals surface area contributed by atoms with E-state index in [1.807, 2.05) is 0 Å².